The maximum absolute atomic E-state index is 12.4. The van der Waals surface area contributed by atoms with Crippen molar-refractivity contribution in [1.29, 1.82) is 0 Å². The third-order valence-electron chi connectivity index (χ3n) is 11.7. The summed E-state index contributed by atoms with van der Waals surface area (Å²) in [5.41, 5.74) is 0. The van der Waals surface area contributed by atoms with Crippen molar-refractivity contribution in [3.63, 3.8) is 0 Å². The second-order valence-electron chi connectivity index (χ2n) is 17.6. The molecule has 0 fully saturated rings. The molecular formula is C49H101N3O4S. The van der Waals surface area contributed by atoms with Crippen molar-refractivity contribution < 1.29 is 21.9 Å². The molecule has 0 atom stereocenters. The Hall–Kier alpha value is -1.41. The van der Waals surface area contributed by atoms with Gasteiger partial charge >= 0.3 is 11.9 Å². The molecule has 0 radical (unpaired) electrons. The summed E-state index contributed by atoms with van der Waals surface area (Å²) in [5, 5.41) is 7.83. The number of thiocarbonyl (C=S) groups is 1. The van der Waals surface area contributed by atoms with Crippen LogP contribution in [-0.2, 0) is 19.1 Å². The zero-order valence-corrected chi connectivity index (χ0v) is 39.7. The zero-order valence-electron chi connectivity index (χ0n) is 38.9. The van der Waals surface area contributed by atoms with Crippen LogP contribution in [0.3, 0.4) is 0 Å². The smallest absolute Gasteiger partial charge is 0.305 e. The third-order valence-corrected chi connectivity index (χ3v) is 12.0. The van der Waals surface area contributed by atoms with E-state index in [9.17, 15) is 9.59 Å². The van der Waals surface area contributed by atoms with E-state index in [1.165, 1.54) is 128 Å². The van der Waals surface area contributed by atoms with Gasteiger partial charge in [0.15, 0.2) is 5.11 Å². The molecular weight excluding hydrogens is 727 g/mol. The first-order valence-electron chi connectivity index (χ1n) is 24.8. The maximum Gasteiger partial charge on any atom is 0.305 e. The number of unbranched alkanes of at least 4 members (excludes halogenated alkanes) is 16. The molecule has 0 bridgehead atoms. The van der Waals surface area contributed by atoms with Crippen LogP contribution in [0.5, 0.6) is 0 Å². The molecule has 0 aliphatic heterocycles. The Morgan fingerprint density at radius 2 is 0.877 bits per heavy atom. The van der Waals surface area contributed by atoms with Crippen LogP contribution in [0.15, 0.2) is 0 Å². The fourth-order valence-corrected chi connectivity index (χ4v) is 8.19. The van der Waals surface area contributed by atoms with Crippen LogP contribution in [-0.4, -0.2) is 68.4 Å². The molecule has 0 rings (SSSR count). The van der Waals surface area contributed by atoms with E-state index in [-0.39, 0.29) is 14.8 Å². The number of nitrogens with zero attached hydrogens (tertiary/aromatic N) is 1. The number of ether oxygens (including phenoxy) is 2. The third kappa shape index (κ3) is 39.8. The summed E-state index contributed by atoms with van der Waals surface area (Å²) in [6.07, 6.45) is 38.1. The highest BCUT2D eigenvalue weighted by Gasteiger charge is 2.13. The highest BCUT2D eigenvalue weighted by atomic mass is 32.1. The monoisotopic (exact) mass is 828 g/mol. The minimum atomic E-state index is -0.0126. The summed E-state index contributed by atoms with van der Waals surface area (Å²) < 4.78 is 11.3. The van der Waals surface area contributed by atoms with E-state index in [1.807, 2.05) is 0 Å². The first-order chi connectivity index (χ1) is 27.7. The molecule has 0 aliphatic carbocycles. The van der Waals surface area contributed by atoms with E-state index >= 15 is 0 Å². The topological polar surface area (TPSA) is 79.9 Å². The largest absolute Gasteiger partial charge is 0.466 e. The van der Waals surface area contributed by atoms with Gasteiger partial charge < -0.3 is 25.0 Å². The van der Waals surface area contributed by atoms with Crippen molar-refractivity contribution in [2.24, 2.45) is 11.8 Å². The van der Waals surface area contributed by atoms with E-state index in [4.69, 9.17) is 21.7 Å². The van der Waals surface area contributed by atoms with E-state index < -0.39 is 0 Å². The molecule has 0 unspecified atom stereocenters. The lowest BCUT2D eigenvalue weighted by Crippen LogP contribution is -2.42. The number of carbonyl (C=O) groups excluding carboxylic acids is 2. The molecule has 342 valence electrons. The molecule has 57 heavy (non-hydrogen) atoms. The first-order valence-corrected chi connectivity index (χ1v) is 25.2. The molecule has 2 N–H and O–H groups in total. The summed E-state index contributed by atoms with van der Waals surface area (Å²) in [4.78, 5) is 27.0. The zero-order chi connectivity index (χ0) is 42.0. The van der Waals surface area contributed by atoms with E-state index in [0.29, 0.717) is 43.9 Å². The predicted octanol–water partition coefficient (Wildman–Crippen LogP) is 14.1. The van der Waals surface area contributed by atoms with E-state index in [0.717, 1.165) is 88.8 Å². The molecule has 0 saturated heterocycles. The summed E-state index contributed by atoms with van der Waals surface area (Å²) in [6.45, 7) is 12.2. The number of rotatable bonds is 43. The van der Waals surface area contributed by atoms with Gasteiger partial charge in [0.25, 0.3) is 0 Å². The fraction of sp³-hybridized carbons (Fsp3) is 0.939. The molecule has 7 nitrogen and oxygen atoms in total. The number of hydrogen-bond donors (Lipinski definition) is 2. The summed E-state index contributed by atoms with van der Waals surface area (Å²) in [6, 6.07) is 0.379. The highest BCUT2D eigenvalue weighted by Crippen LogP contribution is 2.23. The fourth-order valence-electron chi connectivity index (χ4n) is 7.92. The molecule has 0 aromatic rings. The molecule has 0 aliphatic rings. The average Bonchev–Trinajstić information content (AvgIpc) is 3.18. The van der Waals surface area contributed by atoms with Gasteiger partial charge in [0.1, 0.15) is 0 Å². The lowest BCUT2D eigenvalue weighted by atomic mass is 9.92. The second kappa shape index (κ2) is 42.7. The Bertz CT molecular complexity index is 840. The summed E-state index contributed by atoms with van der Waals surface area (Å²) in [5.74, 6) is 1.39. The van der Waals surface area contributed by atoms with Gasteiger partial charge in [-0.1, -0.05) is 182 Å². The normalized spacial score (nSPS) is 11.6. The lowest BCUT2D eigenvalue weighted by Gasteiger charge is -2.21. The van der Waals surface area contributed by atoms with Gasteiger partial charge in [0.2, 0.25) is 0 Å². The Morgan fingerprint density at radius 3 is 1.26 bits per heavy atom. The van der Waals surface area contributed by atoms with Crippen LogP contribution >= 0.6 is 12.2 Å². The summed E-state index contributed by atoms with van der Waals surface area (Å²) in [7, 11) is 4.21. The SMILES string of the molecule is CCCCCC(CCCCC)CCOC(=O)CCCCCCCC(CCCCCCCC(=O)OCCC(CCCCC)CCCCC)NC(=S)NCCCN(C)C.[HH].[HH]. The van der Waals surface area contributed by atoms with Crippen LogP contribution in [0.25, 0.3) is 0 Å². The Balaban J connectivity index is -0.0000157. The minimum absolute atomic E-state index is 0. The van der Waals surface area contributed by atoms with Gasteiger partial charge in [0.05, 0.1) is 13.2 Å². The number of nitrogens with one attached hydrogen (secondary N) is 2. The summed E-state index contributed by atoms with van der Waals surface area (Å²) >= 11 is 5.69. The average molecular weight is 828 g/mol. The standard InChI is InChI=1S/C49H97N3O4S.2H2/c1-7-11-21-30-44(31-22-12-8-2)38-42-55-47(53)36-27-19-15-17-25-34-46(51-49(57)50-40-29-41-52(5)6)35-26-18-16-20-28-37-48(54)56-43-39-45(32-23-13-9-3)33-24-14-10-4;;/h44-46H,7-43H2,1-6H3,(H2,50,51,57);2*1H. The van der Waals surface area contributed by atoms with Gasteiger partial charge in [-0.05, 0) is 89.6 Å². The molecule has 0 heterocycles. The van der Waals surface area contributed by atoms with Gasteiger partial charge in [-0.2, -0.15) is 0 Å². The van der Waals surface area contributed by atoms with E-state index in [1.54, 1.807) is 0 Å². The van der Waals surface area contributed by atoms with Crippen molar-refractivity contribution in [2.45, 2.75) is 246 Å². The predicted molar refractivity (Wildman–Crippen MR) is 254 cm³/mol. The molecule has 0 saturated carbocycles. The molecule has 8 heteroatoms. The number of carbonyl (C=O) groups is 2. The van der Waals surface area contributed by atoms with Crippen molar-refractivity contribution in [3.05, 3.63) is 0 Å². The van der Waals surface area contributed by atoms with Crippen LogP contribution < -0.4 is 10.6 Å². The van der Waals surface area contributed by atoms with Crippen molar-refractivity contribution in [3.8, 4) is 0 Å². The van der Waals surface area contributed by atoms with Crippen molar-refractivity contribution >= 4 is 29.3 Å². The van der Waals surface area contributed by atoms with Gasteiger partial charge in [0, 0.05) is 28.3 Å². The molecule has 0 aromatic heterocycles. The second-order valence-corrected chi connectivity index (χ2v) is 18.0. The van der Waals surface area contributed by atoms with Crippen LogP contribution in [0.1, 0.15) is 242 Å². The quantitative estimate of drug-likeness (QED) is 0.0357. The Labute approximate surface area is 363 Å². The van der Waals surface area contributed by atoms with Crippen LogP contribution in [0.2, 0.25) is 0 Å². The van der Waals surface area contributed by atoms with Crippen molar-refractivity contribution in [2.75, 3.05) is 40.4 Å². The first kappa shape index (κ1) is 55.6. The maximum atomic E-state index is 12.4. The number of hydrogen-bond acceptors (Lipinski definition) is 6. The Kier molecular flexibility index (Phi) is 41.6. The number of esters is 2. The molecule has 0 spiro atoms. The van der Waals surface area contributed by atoms with Crippen LogP contribution in [0.4, 0.5) is 0 Å². The molecule has 0 amide bonds. The minimum Gasteiger partial charge on any atom is -0.466 e. The van der Waals surface area contributed by atoms with Gasteiger partial charge in [-0.15, -0.1) is 0 Å². The van der Waals surface area contributed by atoms with Crippen molar-refractivity contribution in [1.82, 2.24) is 15.5 Å². The van der Waals surface area contributed by atoms with Gasteiger partial charge in [-0.3, -0.25) is 9.59 Å². The van der Waals surface area contributed by atoms with E-state index in [2.05, 4.69) is 57.3 Å². The highest BCUT2D eigenvalue weighted by molar-refractivity contribution is 7.80. The van der Waals surface area contributed by atoms with Gasteiger partial charge in [-0.25, -0.2) is 0 Å². The van der Waals surface area contributed by atoms with Crippen LogP contribution in [0, 0.1) is 11.8 Å². The Morgan fingerprint density at radius 1 is 0.509 bits per heavy atom. The molecule has 0 aromatic carbocycles. The lowest BCUT2D eigenvalue weighted by molar-refractivity contribution is -0.145.